The Bertz CT molecular complexity index is 552. The van der Waals surface area contributed by atoms with Gasteiger partial charge in [-0.15, -0.1) is 0 Å². The summed E-state index contributed by atoms with van der Waals surface area (Å²) < 4.78 is 4.67. The van der Waals surface area contributed by atoms with Crippen molar-refractivity contribution in [1.82, 2.24) is 10.3 Å². The van der Waals surface area contributed by atoms with E-state index in [1.165, 1.54) is 7.11 Å². The summed E-state index contributed by atoms with van der Waals surface area (Å²) in [7, 11) is 1.38. The summed E-state index contributed by atoms with van der Waals surface area (Å²) >= 11 is 0. The Morgan fingerprint density at radius 1 is 1.30 bits per heavy atom. The zero-order valence-electron chi connectivity index (χ0n) is 11.7. The van der Waals surface area contributed by atoms with Crippen LogP contribution in [-0.4, -0.2) is 18.1 Å². The van der Waals surface area contributed by atoms with Crippen LogP contribution in [0.1, 0.15) is 34.5 Å². The average Bonchev–Trinajstić information content (AvgIpc) is 2.53. The summed E-state index contributed by atoms with van der Waals surface area (Å²) in [4.78, 5) is 15.4. The molecule has 0 amide bonds. The molecule has 104 valence electrons. The van der Waals surface area contributed by atoms with Gasteiger partial charge in [-0.2, -0.15) is 0 Å². The maximum absolute atomic E-state index is 11.3. The van der Waals surface area contributed by atoms with Gasteiger partial charge in [-0.05, 0) is 36.2 Å². The highest BCUT2D eigenvalue weighted by Gasteiger charge is 2.06. The van der Waals surface area contributed by atoms with E-state index in [-0.39, 0.29) is 12.0 Å². The van der Waals surface area contributed by atoms with E-state index in [0.29, 0.717) is 5.56 Å². The largest absolute Gasteiger partial charge is 0.465 e. The molecule has 4 heteroatoms. The van der Waals surface area contributed by atoms with E-state index in [0.717, 1.165) is 17.7 Å². The van der Waals surface area contributed by atoms with Crippen molar-refractivity contribution >= 4 is 5.97 Å². The first kappa shape index (κ1) is 14.2. The first-order valence-corrected chi connectivity index (χ1v) is 6.51. The summed E-state index contributed by atoms with van der Waals surface area (Å²) in [6, 6.07) is 11.6. The number of carbonyl (C=O) groups excluding carboxylic acids is 1. The maximum Gasteiger partial charge on any atom is 0.337 e. The van der Waals surface area contributed by atoms with E-state index in [1.807, 2.05) is 30.5 Å². The quantitative estimate of drug-likeness (QED) is 0.849. The predicted molar refractivity (Wildman–Crippen MR) is 77.3 cm³/mol. The first-order valence-electron chi connectivity index (χ1n) is 6.51. The molecule has 4 nitrogen and oxygen atoms in total. The number of pyridine rings is 1. The normalized spacial score (nSPS) is 11.9. The Balaban J connectivity index is 1.93. The van der Waals surface area contributed by atoms with E-state index < -0.39 is 0 Å². The van der Waals surface area contributed by atoms with Crippen molar-refractivity contribution in [3.63, 3.8) is 0 Å². The van der Waals surface area contributed by atoms with Crippen molar-refractivity contribution in [2.75, 3.05) is 7.11 Å². The highest BCUT2D eigenvalue weighted by atomic mass is 16.5. The number of nitrogens with one attached hydrogen (secondary N) is 1. The zero-order valence-corrected chi connectivity index (χ0v) is 11.7. The lowest BCUT2D eigenvalue weighted by Gasteiger charge is -2.13. The van der Waals surface area contributed by atoms with Gasteiger partial charge in [0.25, 0.3) is 0 Å². The zero-order chi connectivity index (χ0) is 14.4. The fraction of sp³-hybridized carbons (Fsp3) is 0.250. The minimum Gasteiger partial charge on any atom is -0.465 e. The molecule has 0 aliphatic carbocycles. The molecule has 0 spiro atoms. The molecule has 1 atom stereocenters. The van der Waals surface area contributed by atoms with Crippen molar-refractivity contribution in [3.8, 4) is 0 Å². The summed E-state index contributed by atoms with van der Waals surface area (Å²) in [6.45, 7) is 2.83. The van der Waals surface area contributed by atoms with Gasteiger partial charge >= 0.3 is 5.97 Å². The first-order chi connectivity index (χ1) is 9.70. The number of rotatable bonds is 5. The van der Waals surface area contributed by atoms with Gasteiger partial charge in [0.15, 0.2) is 0 Å². The third kappa shape index (κ3) is 3.65. The van der Waals surface area contributed by atoms with E-state index >= 15 is 0 Å². The molecule has 0 unspecified atom stereocenters. The smallest absolute Gasteiger partial charge is 0.337 e. The molecule has 20 heavy (non-hydrogen) atoms. The number of carbonyl (C=O) groups is 1. The number of ether oxygens (including phenoxy) is 1. The number of aromatic nitrogens is 1. The lowest BCUT2D eigenvalue weighted by molar-refractivity contribution is 0.0600. The van der Waals surface area contributed by atoms with Crippen LogP contribution in [0.15, 0.2) is 48.8 Å². The van der Waals surface area contributed by atoms with E-state index in [1.54, 1.807) is 18.3 Å². The summed E-state index contributed by atoms with van der Waals surface area (Å²) in [6.07, 6.45) is 3.62. The predicted octanol–water partition coefficient (Wildman–Crippen LogP) is 2.72. The fourth-order valence-corrected chi connectivity index (χ4v) is 1.90. The SMILES string of the molecule is COC(=O)c1ccc(CN[C@@H](C)c2cccnc2)cc1. The van der Waals surface area contributed by atoms with Crippen molar-refractivity contribution in [2.24, 2.45) is 0 Å². The van der Waals surface area contributed by atoms with Crippen LogP contribution in [0.4, 0.5) is 0 Å². The second-order valence-corrected chi connectivity index (χ2v) is 4.58. The number of methoxy groups -OCH3 is 1. The Morgan fingerprint density at radius 3 is 2.65 bits per heavy atom. The third-order valence-corrected chi connectivity index (χ3v) is 3.17. The monoisotopic (exact) mass is 270 g/mol. The Hall–Kier alpha value is -2.20. The van der Waals surface area contributed by atoms with E-state index in [2.05, 4.69) is 22.0 Å². The number of hydrogen-bond donors (Lipinski definition) is 1. The Kier molecular flexibility index (Phi) is 4.85. The second-order valence-electron chi connectivity index (χ2n) is 4.58. The molecule has 1 aromatic heterocycles. The molecule has 0 fully saturated rings. The molecule has 0 aliphatic heterocycles. The van der Waals surface area contributed by atoms with Crippen molar-refractivity contribution in [2.45, 2.75) is 19.5 Å². The molecule has 1 N–H and O–H groups in total. The minimum atomic E-state index is -0.312. The van der Waals surface area contributed by atoms with E-state index in [4.69, 9.17) is 0 Å². The number of benzene rings is 1. The highest BCUT2D eigenvalue weighted by Crippen LogP contribution is 2.12. The molecule has 1 heterocycles. The molecule has 0 aliphatic rings. The van der Waals surface area contributed by atoms with Gasteiger partial charge in [0, 0.05) is 25.0 Å². The third-order valence-electron chi connectivity index (χ3n) is 3.17. The van der Waals surface area contributed by atoms with Gasteiger partial charge in [-0.1, -0.05) is 18.2 Å². The van der Waals surface area contributed by atoms with Crippen LogP contribution >= 0.6 is 0 Å². The summed E-state index contributed by atoms with van der Waals surface area (Å²) in [5.41, 5.74) is 2.84. The minimum absolute atomic E-state index is 0.226. The summed E-state index contributed by atoms with van der Waals surface area (Å²) in [5.74, 6) is -0.312. The lowest BCUT2D eigenvalue weighted by atomic mass is 10.1. The molecular formula is C16H18N2O2. The second kappa shape index (κ2) is 6.82. The lowest BCUT2D eigenvalue weighted by Crippen LogP contribution is -2.18. The van der Waals surface area contributed by atoms with Crippen molar-refractivity contribution in [3.05, 3.63) is 65.5 Å². The van der Waals surface area contributed by atoms with Gasteiger partial charge in [0.05, 0.1) is 12.7 Å². The molecule has 2 aromatic rings. The summed E-state index contributed by atoms with van der Waals surface area (Å²) in [5, 5.41) is 3.42. The maximum atomic E-state index is 11.3. The molecule has 0 radical (unpaired) electrons. The van der Waals surface area contributed by atoms with Gasteiger partial charge in [-0.25, -0.2) is 4.79 Å². The van der Waals surface area contributed by atoms with Crippen LogP contribution in [0.5, 0.6) is 0 Å². The van der Waals surface area contributed by atoms with Crippen molar-refractivity contribution < 1.29 is 9.53 Å². The highest BCUT2D eigenvalue weighted by molar-refractivity contribution is 5.89. The van der Waals surface area contributed by atoms with Crippen LogP contribution in [0.3, 0.4) is 0 Å². The molecule has 2 rings (SSSR count). The van der Waals surface area contributed by atoms with Crippen LogP contribution in [-0.2, 0) is 11.3 Å². The Morgan fingerprint density at radius 2 is 2.05 bits per heavy atom. The number of nitrogens with zero attached hydrogens (tertiary/aromatic N) is 1. The van der Waals surface area contributed by atoms with Gasteiger partial charge < -0.3 is 10.1 Å². The van der Waals surface area contributed by atoms with E-state index in [9.17, 15) is 4.79 Å². The molecular weight excluding hydrogens is 252 g/mol. The van der Waals surface area contributed by atoms with Crippen LogP contribution in [0.25, 0.3) is 0 Å². The van der Waals surface area contributed by atoms with Crippen LogP contribution in [0, 0.1) is 0 Å². The molecule has 0 saturated heterocycles. The van der Waals surface area contributed by atoms with Crippen LogP contribution < -0.4 is 5.32 Å². The van der Waals surface area contributed by atoms with Gasteiger partial charge in [0.1, 0.15) is 0 Å². The van der Waals surface area contributed by atoms with Crippen molar-refractivity contribution in [1.29, 1.82) is 0 Å². The number of esters is 1. The fourth-order valence-electron chi connectivity index (χ4n) is 1.90. The molecule has 0 bridgehead atoms. The Labute approximate surface area is 118 Å². The number of hydrogen-bond acceptors (Lipinski definition) is 4. The molecule has 1 aromatic carbocycles. The topological polar surface area (TPSA) is 51.2 Å². The average molecular weight is 270 g/mol. The van der Waals surface area contributed by atoms with Crippen LogP contribution in [0.2, 0.25) is 0 Å². The van der Waals surface area contributed by atoms with Gasteiger partial charge in [0.2, 0.25) is 0 Å². The molecule has 0 saturated carbocycles. The standard InChI is InChI=1S/C16H18N2O2/c1-12(15-4-3-9-17-11-15)18-10-13-5-7-14(8-6-13)16(19)20-2/h3-9,11-12,18H,10H2,1-2H3/t12-/m0/s1. The van der Waals surface area contributed by atoms with Gasteiger partial charge in [-0.3, -0.25) is 4.98 Å².